The number of aryl methyl sites for hydroxylation is 1. The highest BCUT2D eigenvalue weighted by molar-refractivity contribution is 5.67. The largest absolute Gasteiger partial charge is 0.444 e. The molecule has 0 fully saturated rings. The van der Waals surface area contributed by atoms with Crippen LogP contribution < -0.4 is 11.1 Å². The number of amides is 1. The number of halogens is 1. The minimum atomic E-state index is -0.557. The molecule has 0 heterocycles. The zero-order valence-corrected chi connectivity index (χ0v) is 13.4. The van der Waals surface area contributed by atoms with Gasteiger partial charge < -0.3 is 15.8 Å². The molecule has 1 amide bonds. The molecule has 3 N–H and O–H groups in total. The fraction of sp³-hybridized carbons (Fsp3) is 0.562. The van der Waals surface area contributed by atoms with Gasteiger partial charge in [0.1, 0.15) is 11.4 Å². The summed E-state index contributed by atoms with van der Waals surface area (Å²) in [5.41, 5.74) is 6.31. The third-order valence-corrected chi connectivity index (χ3v) is 3.21. The summed E-state index contributed by atoms with van der Waals surface area (Å²) in [4.78, 5) is 11.7. The van der Waals surface area contributed by atoms with Gasteiger partial charge in [-0.3, -0.25) is 0 Å². The van der Waals surface area contributed by atoms with E-state index < -0.39 is 17.1 Å². The van der Waals surface area contributed by atoms with Crippen molar-refractivity contribution in [3.05, 3.63) is 35.1 Å². The van der Waals surface area contributed by atoms with E-state index in [1.807, 2.05) is 19.9 Å². The second kappa shape index (κ2) is 6.43. The van der Waals surface area contributed by atoms with E-state index in [2.05, 4.69) is 5.32 Å². The summed E-state index contributed by atoms with van der Waals surface area (Å²) >= 11 is 0. The van der Waals surface area contributed by atoms with E-state index in [9.17, 15) is 9.18 Å². The predicted molar refractivity (Wildman–Crippen MR) is 81.8 cm³/mol. The molecule has 0 spiro atoms. The van der Waals surface area contributed by atoms with Crippen LogP contribution in [0.1, 0.15) is 38.8 Å². The van der Waals surface area contributed by atoms with Gasteiger partial charge in [0.25, 0.3) is 0 Å². The molecular weight excluding hydrogens is 271 g/mol. The zero-order chi connectivity index (χ0) is 16.3. The maximum Gasteiger partial charge on any atom is 0.407 e. The van der Waals surface area contributed by atoms with E-state index in [-0.39, 0.29) is 18.9 Å². The molecule has 0 aliphatic carbocycles. The van der Waals surface area contributed by atoms with Gasteiger partial charge in [0, 0.05) is 18.5 Å². The Morgan fingerprint density at radius 2 is 1.90 bits per heavy atom. The van der Waals surface area contributed by atoms with Crippen molar-refractivity contribution in [1.29, 1.82) is 0 Å². The average Bonchev–Trinajstić information content (AvgIpc) is 2.32. The van der Waals surface area contributed by atoms with Crippen LogP contribution in [0.2, 0.25) is 0 Å². The molecule has 21 heavy (non-hydrogen) atoms. The summed E-state index contributed by atoms with van der Waals surface area (Å²) in [6.07, 6.45) is -0.504. The second-order valence-corrected chi connectivity index (χ2v) is 6.64. The highest BCUT2D eigenvalue weighted by Crippen LogP contribution is 2.24. The van der Waals surface area contributed by atoms with E-state index in [4.69, 9.17) is 10.5 Å². The number of alkyl carbamates (subject to hydrolysis) is 1. The predicted octanol–water partition coefficient (Wildman–Crippen LogP) is 2.88. The fourth-order valence-corrected chi connectivity index (χ4v) is 1.96. The summed E-state index contributed by atoms with van der Waals surface area (Å²) in [7, 11) is 0. The molecule has 0 aliphatic heterocycles. The first-order valence-corrected chi connectivity index (χ1v) is 7.00. The summed E-state index contributed by atoms with van der Waals surface area (Å²) in [6.45, 7) is 9.66. The van der Waals surface area contributed by atoms with Gasteiger partial charge in [0.2, 0.25) is 0 Å². The van der Waals surface area contributed by atoms with Gasteiger partial charge in [-0.25, -0.2) is 9.18 Å². The number of carbonyl (C=O) groups excluding carboxylic acids is 1. The topological polar surface area (TPSA) is 64.3 Å². The number of hydrogen-bond acceptors (Lipinski definition) is 3. The monoisotopic (exact) mass is 296 g/mol. The van der Waals surface area contributed by atoms with Crippen LogP contribution in [0.4, 0.5) is 9.18 Å². The molecule has 1 unspecified atom stereocenters. The van der Waals surface area contributed by atoms with Crippen molar-refractivity contribution in [1.82, 2.24) is 5.32 Å². The molecule has 0 saturated heterocycles. The standard InChI is InChI=1S/C16H25FN2O2/c1-11-6-12(8-13(17)7-11)16(5,9-18)10-19-14(20)21-15(2,3)4/h6-8H,9-10,18H2,1-5H3,(H,19,20). The number of nitrogens with one attached hydrogen (secondary N) is 1. The van der Waals surface area contributed by atoms with Gasteiger partial charge in [-0.2, -0.15) is 0 Å². The summed E-state index contributed by atoms with van der Waals surface area (Å²) in [6, 6.07) is 4.80. The van der Waals surface area contributed by atoms with E-state index in [0.29, 0.717) is 0 Å². The van der Waals surface area contributed by atoms with Crippen LogP contribution in [0.15, 0.2) is 18.2 Å². The number of carbonyl (C=O) groups is 1. The van der Waals surface area contributed by atoms with Crippen molar-refractivity contribution < 1.29 is 13.9 Å². The quantitative estimate of drug-likeness (QED) is 0.898. The number of nitrogens with two attached hydrogens (primary N) is 1. The third kappa shape index (κ3) is 5.34. The smallest absolute Gasteiger partial charge is 0.407 e. The molecule has 4 nitrogen and oxygen atoms in total. The molecular formula is C16H25FN2O2. The molecule has 0 bridgehead atoms. The molecule has 5 heteroatoms. The number of rotatable bonds is 4. The van der Waals surface area contributed by atoms with Crippen LogP contribution in [0.3, 0.4) is 0 Å². The molecule has 0 aliphatic rings. The Bertz CT molecular complexity index is 491. The summed E-state index contributed by atoms with van der Waals surface area (Å²) in [5.74, 6) is -0.304. The number of ether oxygens (including phenoxy) is 1. The number of benzene rings is 1. The van der Waals surface area contributed by atoms with E-state index >= 15 is 0 Å². The second-order valence-electron chi connectivity index (χ2n) is 6.64. The number of hydrogen-bond donors (Lipinski definition) is 2. The minimum absolute atomic E-state index is 0.279. The van der Waals surface area contributed by atoms with Crippen LogP contribution in [-0.2, 0) is 10.2 Å². The van der Waals surface area contributed by atoms with Crippen molar-refractivity contribution in [3.63, 3.8) is 0 Å². The van der Waals surface area contributed by atoms with Crippen LogP contribution in [-0.4, -0.2) is 24.8 Å². The molecule has 0 saturated carbocycles. The fourth-order valence-electron chi connectivity index (χ4n) is 1.96. The van der Waals surface area contributed by atoms with Crippen LogP contribution in [0.5, 0.6) is 0 Å². The van der Waals surface area contributed by atoms with Crippen molar-refractivity contribution in [3.8, 4) is 0 Å². The Morgan fingerprint density at radius 1 is 1.29 bits per heavy atom. The third-order valence-electron chi connectivity index (χ3n) is 3.21. The zero-order valence-electron chi connectivity index (χ0n) is 13.4. The minimum Gasteiger partial charge on any atom is -0.444 e. The molecule has 1 aromatic carbocycles. The van der Waals surface area contributed by atoms with E-state index in [1.54, 1.807) is 20.8 Å². The molecule has 1 rings (SSSR count). The maximum absolute atomic E-state index is 13.6. The highest BCUT2D eigenvalue weighted by Gasteiger charge is 2.27. The van der Waals surface area contributed by atoms with E-state index in [0.717, 1.165) is 11.1 Å². The summed E-state index contributed by atoms with van der Waals surface area (Å²) < 4.78 is 18.8. The first-order valence-electron chi connectivity index (χ1n) is 7.00. The Morgan fingerprint density at radius 3 is 2.38 bits per heavy atom. The van der Waals surface area contributed by atoms with Gasteiger partial charge in [0.15, 0.2) is 0 Å². The highest BCUT2D eigenvalue weighted by atomic mass is 19.1. The molecule has 1 atom stereocenters. The van der Waals surface area contributed by atoms with Crippen molar-refractivity contribution in [2.45, 2.75) is 45.6 Å². The molecule has 0 aromatic heterocycles. The Hall–Kier alpha value is -1.62. The molecule has 1 aromatic rings. The first kappa shape index (κ1) is 17.4. The lowest BCUT2D eigenvalue weighted by atomic mass is 9.82. The lowest BCUT2D eigenvalue weighted by molar-refractivity contribution is 0.0516. The van der Waals surface area contributed by atoms with Crippen LogP contribution in [0.25, 0.3) is 0 Å². The van der Waals surface area contributed by atoms with Gasteiger partial charge in [0.05, 0.1) is 0 Å². The van der Waals surface area contributed by atoms with Gasteiger partial charge in [-0.15, -0.1) is 0 Å². The van der Waals surface area contributed by atoms with Crippen molar-refractivity contribution >= 4 is 6.09 Å². The molecule has 0 radical (unpaired) electrons. The lowest BCUT2D eigenvalue weighted by Crippen LogP contribution is -2.45. The van der Waals surface area contributed by atoms with Gasteiger partial charge in [-0.1, -0.05) is 13.0 Å². The van der Waals surface area contributed by atoms with Crippen molar-refractivity contribution in [2.24, 2.45) is 5.73 Å². The lowest BCUT2D eigenvalue weighted by Gasteiger charge is -2.30. The van der Waals surface area contributed by atoms with Crippen molar-refractivity contribution in [2.75, 3.05) is 13.1 Å². The van der Waals surface area contributed by atoms with Gasteiger partial charge >= 0.3 is 6.09 Å². The normalized spacial score (nSPS) is 14.4. The maximum atomic E-state index is 13.6. The summed E-state index contributed by atoms with van der Waals surface area (Å²) in [5, 5.41) is 2.70. The molecule has 118 valence electrons. The first-order chi connectivity index (χ1) is 9.55. The van der Waals surface area contributed by atoms with E-state index in [1.165, 1.54) is 12.1 Å². The van der Waals surface area contributed by atoms with Crippen LogP contribution >= 0.6 is 0 Å². The Labute approximate surface area is 125 Å². The SMILES string of the molecule is Cc1cc(F)cc(C(C)(CN)CNC(=O)OC(C)(C)C)c1. The van der Waals surface area contributed by atoms with Gasteiger partial charge in [-0.05, 0) is 51.0 Å². The van der Waals surface area contributed by atoms with Crippen LogP contribution in [0, 0.1) is 12.7 Å². The Balaban J connectivity index is 2.83. The average molecular weight is 296 g/mol. The Kier molecular flexibility index (Phi) is 5.34.